The normalized spacial score (nSPS) is 17.0. The predicted octanol–water partition coefficient (Wildman–Crippen LogP) is 4.65. The van der Waals surface area contributed by atoms with E-state index in [1.54, 1.807) is 36.4 Å². The van der Waals surface area contributed by atoms with Crippen molar-refractivity contribution < 1.29 is 24.5 Å². The number of aliphatic hydroxyl groups excluding tert-OH is 1. The number of amides is 1. The standard InChI is InChI=1S/C30H32N2O5/c1-20-8-4-5-9-23(20)19-37-25-14-12-21(13-15-25)28(34)26-27(22-10-6-11-24(33)18-22)32(30(36)29(26)35)17-7-16-31(2)3/h4-6,8-15,18,27,33-34H,7,16-17,19H2,1-3H3/b28-26+/t27-/m0/s1. The number of aromatic hydroxyl groups is 1. The van der Waals surface area contributed by atoms with Gasteiger partial charge in [0.05, 0.1) is 11.6 Å². The highest BCUT2D eigenvalue weighted by molar-refractivity contribution is 6.46. The number of ether oxygens (including phenoxy) is 1. The number of nitrogens with zero attached hydrogens (tertiary/aromatic N) is 2. The second-order valence-electron chi connectivity index (χ2n) is 9.48. The van der Waals surface area contributed by atoms with Gasteiger partial charge in [-0.3, -0.25) is 9.59 Å². The molecule has 37 heavy (non-hydrogen) atoms. The number of hydrogen-bond donors (Lipinski definition) is 2. The number of Topliss-reactive ketones (excluding diaryl/α,β-unsaturated/α-hetero) is 1. The third-order valence-corrected chi connectivity index (χ3v) is 6.51. The summed E-state index contributed by atoms with van der Waals surface area (Å²) < 4.78 is 5.90. The monoisotopic (exact) mass is 500 g/mol. The molecule has 3 aromatic carbocycles. The number of likely N-dealkylation sites (tertiary alicyclic amines) is 1. The van der Waals surface area contributed by atoms with Crippen molar-refractivity contribution in [2.45, 2.75) is 26.0 Å². The highest BCUT2D eigenvalue weighted by Gasteiger charge is 2.45. The summed E-state index contributed by atoms with van der Waals surface area (Å²) in [6.07, 6.45) is 0.655. The van der Waals surface area contributed by atoms with Gasteiger partial charge >= 0.3 is 0 Å². The molecule has 1 saturated heterocycles. The molecule has 1 amide bonds. The van der Waals surface area contributed by atoms with Crippen LogP contribution in [0.15, 0.2) is 78.4 Å². The first-order valence-corrected chi connectivity index (χ1v) is 12.3. The van der Waals surface area contributed by atoms with Crippen molar-refractivity contribution in [2.24, 2.45) is 0 Å². The van der Waals surface area contributed by atoms with Crippen LogP contribution in [0.2, 0.25) is 0 Å². The molecule has 1 atom stereocenters. The van der Waals surface area contributed by atoms with Crippen LogP contribution in [0.25, 0.3) is 5.76 Å². The van der Waals surface area contributed by atoms with Crippen LogP contribution in [0.5, 0.6) is 11.5 Å². The smallest absolute Gasteiger partial charge is 0.295 e. The Balaban J connectivity index is 1.63. The Kier molecular flexibility index (Phi) is 7.94. The molecule has 3 aromatic rings. The lowest BCUT2D eigenvalue weighted by atomic mass is 9.95. The molecule has 0 saturated carbocycles. The van der Waals surface area contributed by atoms with Gasteiger partial charge in [0, 0.05) is 12.1 Å². The maximum absolute atomic E-state index is 13.1. The van der Waals surface area contributed by atoms with E-state index in [2.05, 4.69) is 0 Å². The van der Waals surface area contributed by atoms with Crippen molar-refractivity contribution >= 4 is 17.4 Å². The van der Waals surface area contributed by atoms with Crippen LogP contribution < -0.4 is 4.74 Å². The zero-order valence-electron chi connectivity index (χ0n) is 21.3. The average molecular weight is 501 g/mol. The molecule has 1 aliphatic heterocycles. The van der Waals surface area contributed by atoms with E-state index in [0.717, 1.165) is 17.7 Å². The van der Waals surface area contributed by atoms with E-state index >= 15 is 0 Å². The van der Waals surface area contributed by atoms with Crippen LogP contribution in [0, 0.1) is 6.92 Å². The number of phenols is 1. The number of carbonyl (C=O) groups excluding carboxylic acids is 2. The van der Waals surface area contributed by atoms with E-state index in [1.165, 1.54) is 17.0 Å². The first kappa shape index (κ1) is 26.0. The Morgan fingerprint density at radius 1 is 1.00 bits per heavy atom. The van der Waals surface area contributed by atoms with Gasteiger partial charge in [-0.15, -0.1) is 0 Å². The number of aliphatic hydroxyl groups is 1. The van der Waals surface area contributed by atoms with Gasteiger partial charge in [0.15, 0.2) is 0 Å². The topological polar surface area (TPSA) is 90.3 Å². The number of hydrogen-bond acceptors (Lipinski definition) is 6. The van der Waals surface area contributed by atoms with E-state index < -0.39 is 17.7 Å². The lowest BCUT2D eigenvalue weighted by Crippen LogP contribution is -2.32. The molecule has 0 aliphatic carbocycles. The fraction of sp³-hybridized carbons (Fsp3) is 0.267. The van der Waals surface area contributed by atoms with Gasteiger partial charge in [0.25, 0.3) is 11.7 Å². The number of benzene rings is 3. The molecule has 2 N–H and O–H groups in total. The van der Waals surface area contributed by atoms with Gasteiger partial charge in [0.1, 0.15) is 23.9 Å². The lowest BCUT2D eigenvalue weighted by molar-refractivity contribution is -0.139. The summed E-state index contributed by atoms with van der Waals surface area (Å²) in [5.74, 6) is -1.02. The van der Waals surface area contributed by atoms with Crippen LogP contribution in [0.3, 0.4) is 0 Å². The van der Waals surface area contributed by atoms with Gasteiger partial charge in [-0.2, -0.15) is 0 Å². The average Bonchev–Trinajstić information content (AvgIpc) is 3.13. The van der Waals surface area contributed by atoms with Gasteiger partial charge in [-0.05, 0) is 87.1 Å². The second kappa shape index (κ2) is 11.3. The van der Waals surface area contributed by atoms with Crippen molar-refractivity contribution in [2.75, 3.05) is 27.2 Å². The summed E-state index contributed by atoms with van der Waals surface area (Å²) in [5, 5.41) is 21.3. The minimum absolute atomic E-state index is 0.00836. The molecule has 1 heterocycles. The minimum atomic E-state index is -0.800. The summed E-state index contributed by atoms with van der Waals surface area (Å²) in [7, 11) is 3.88. The molecule has 192 valence electrons. The first-order valence-electron chi connectivity index (χ1n) is 12.3. The summed E-state index contributed by atoms with van der Waals surface area (Å²) in [5.41, 5.74) is 3.19. The Labute approximate surface area is 217 Å². The largest absolute Gasteiger partial charge is 0.508 e. The van der Waals surface area contributed by atoms with Gasteiger partial charge in [0.2, 0.25) is 0 Å². The summed E-state index contributed by atoms with van der Waals surface area (Å²) in [6, 6.07) is 20.4. The summed E-state index contributed by atoms with van der Waals surface area (Å²) in [6.45, 7) is 3.51. The molecule has 7 heteroatoms. The lowest BCUT2D eigenvalue weighted by Gasteiger charge is -2.26. The molecule has 1 fully saturated rings. The van der Waals surface area contributed by atoms with Crippen molar-refractivity contribution in [1.29, 1.82) is 0 Å². The SMILES string of the molecule is Cc1ccccc1COc1ccc(/C(O)=C2\C(=O)C(=O)N(CCCN(C)C)[C@H]2c2cccc(O)c2)cc1. The molecule has 0 radical (unpaired) electrons. The van der Waals surface area contributed by atoms with E-state index in [0.29, 0.717) is 36.4 Å². The highest BCUT2D eigenvalue weighted by atomic mass is 16.5. The number of phenolic OH excluding ortho intramolecular Hbond substituents is 1. The third kappa shape index (κ3) is 5.84. The molecule has 0 spiro atoms. The van der Waals surface area contributed by atoms with Crippen molar-refractivity contribution in [3.05, 3.63) is 101 Å². The molecular weight excluding hydrogens is 468 g/mol. The number of aryl methyl sites for hydroxylation is 1. The zero-order chi connectivity index (χ0) is 26.5. The van der Waals surface area contributed by atoms with Gasteiger partial charge in [-0.1, -0.05) is 36.4 Å². The highest BCUT2D eigenvalue weighted by Crippen LogP contribution is 2.40. The molecule has 1 aliphatic rings. The second-order valence-corrected chi connectivity index (χ2v) is 9.48. The summed E-state index contributed by atoms with van der Waals surface area (Å²) >= 11 is 0. The Morgan fingerprint density at radius 3 is 2.41 bits per heavy atom. The number of rotatable bonds is 9. The van der Waals surface area contributed by atoms with Crippen LogP contribution in [-0.4, -0.2) is 58.9 Å². The molecule has 0 bridgehead atoms. The van der Waals surface area contributed by atoms with Crippen LogP contribution in [0.4, 0.5) is 0 Å². The van der Waals surface area contributed by atoms with Gasteiger partial charge < -0.3 is 24.7 Å². The maximum atomic E-state index is 13.1. The van der Waals surface area contributed by atoms with Crippen LogP contribution in [-0.2, 0) is 16.2 Å². The fourth-order valence-electron chi connectivity index (χ4n) is 4.51. The Morgan fingerprint density at radius 2 is 1.73 bits per heavy atom. The van der Waals surface area contributed by atoms with Gasteiger partial charge in [-0.25, -0.2) is 0 Å². The molecule has 0 aromatic heterocycles. The molecule has 7 nitrogen and oxygen atoms in total. The quantitative estimate of drug-likeness (QED) is 0.253. The van der Waals surface area contributed by atoms with E-state index in [4.69, 9.17) is 4.74 Å². The third-order valence-electron chi connectivity index (χ3n) is 6.51. The van der Waals surface area contributed by atoms with Crippen molar-refractivity contribution in [3.8, 4) is 11.5 Å². The van der Waals surface area contributed by atoms with Crippen molar-refractivity contribution in [3.63, 3.8) is 0 Å². The zero-order valence-corrected chi connectivity index (χ0v) is 21.3. The van der Waals surface area contributed by atoms with E-state index in [9.17, 15) is 19.8 Å². The van der Waals surface area contributed by atoms with Crippen LogP contribution in [0.1, 0.15) is 34.7 Å². The summed E-state index contributed by atoms with van der Waals surface area (Å²) in [4.78, 5) is 29.7. The minimum Gasteiger partial charge on any atom is -0.508 e. The maximum Gasteiger partial charge on any atom is 0.295 e. The molecular formula is C30H32N2O5. The molecule has 4 rings (SSSR count). The Hall–Kier alpha value is -4.10. The Bertz CT molecular complexity index is 1310. The number of ketones is 1. The fourth-order valence-corrected chi connectivity index (χ4v) is 4.51. The molecule has 0 unspecified atom stereocenters. The first-order chi connectivity index (χ1) is 17.8. The van der Waals surface area contributed by atoms with E-state index in [1.807, 2.05) is 50.2 Å². The number of carbonyl (C=O) groups is 2. The van der Waals surface area contributed by atoms with E-state index in [-0.39, 0.29) is 17.1 Å². The predicted molar refractivity (Wildman–Crippen MR) is 142 cm³/mol. The van der Waals surface area contributed by atoms with Crippen LogP contribution >= 0.6 is 0 Å². The van der Waals surface area contributed by atoms with Crippen molar-refractivity contribution in [1.82, 2.24) is 9.80 Å².